The van der Waals surface area contributed by atoms with Crippen molar-refractivity contribution in [3.05, 3.63) is 48.0 Å². The average molecular weight is 281 g/mol. The molecule has 5 nitrogen and oxygen atoms in total. The van der Waals surface area contributed by atoms with E-state index in [1.807, 2.05) is 6.07 Å². The minimum atomic E-state index is -3.46. The number of nitrogens with one attached hydrogen (secondary N) is 1. The first-order chi connectivity index (χ1) is 8.96. The van der Waals surface area contributed by atoms with Crippen LogP contribution in [0.15, 0.2) is 42.5 Å². The quantitative estimate of drug-likeness (QED) is 0.793. The van der Waals surface area contributed by atoms with Crippen LogP contribution in [0.2, 0.25) is 0 Å². The van der Waals surface area contributed by atoms with Crippen molar-refractivity contribution in [3.63, 3.8) is 0 Å². The maximum Gasteiger partial charge on any atom is 0.310 e. The van der Waals surface area contributed by atoms with Crippen molar-refractivity contribution in [1.82, 2.24) is 4.72 Å². The second kappa shape index (κ2) is 5.54. The molecule has 0 saturated heterocycles. The zero-order chi connectivity index (χ0) is 13.9. The van der Waals surface area contributed by atoms with E-state index < -0.39 is 28.0 Å². The van der Waals surface area contributed by atoms with Gasteiger partial charge in [-0.3, -0.25) is 4.79 Å². The molecule has 0 radical (unpaired) electrons. The van der Waals surface area contributed by atoms with E-state index in [1.54, 1.807) is 30.3 Å². The zero-order valence-electron chi connectivity index (χ0n) is 10.2. The van der Waals surface area contributed by atoms with Crippen LogP contribution in [0.25, 0.3) is 0 Å². The van der Waals surface area contributed by atoms with Crippen LogP contribution in [0.4, 0.5) is 0 Å². The van der Waals surface area contributed by atoms with Crippen molar-refractivity contribution in [2.24, 2.45) is 5.92 Å². The summed E-state index contributed by atoms with van der Waals surface area (Å²) in [5.74, 6) is -1.64. The van der Waals surface area contributed by atoms with E-state index in [0.29, 0.717) is 5.56 Å². The molecule has 19 heavy (non-hydrogen) atoms. The Labute approximate surface area is 112 Å². The van der Waals surface area contributed by atoms with Crippen LogP contribution in [0.5, 0.6) is 0 Å². The number of hydrogen-bond acceptors (Lipinski definition) is 3. The van der Waals surface area contributed by atoms with Gasteiger partial charge in [-0.15, -0.1) is 0 Å². The molecule has 0 heterocycles. The van der Waals surface area contributed by atoms with Gasteiger partial charge in [-0.1, -0.05) is 42.5 Å². The summed E-state index contributed by atoms with van der Waals surface area (Å²) in [5.41, 5.74) is 0.701. The van der Waals surface area contributed by atoms with Crippen LogP contribution in [0.3, 0.4) is 0 Å². The number of rotatable bonds is 5. The molecule has 0 bridgehead atoms. The Morgan fingerprint density at radius 3 is 2.53 bits per heavy atom. The number of aliphatic carboxylic acids is 1. The second-order valence-electron chi connectivity index (χ2n) is 4.53. The van der Waals surface area contributed by atoms with Gasteiger partial charge in [0.05, 0.1) is 11.7 Å². The van der Waals surface area contributed by atoms with Crippen molar-refractivity contribution in [3.8, 4) is 0 Å². The van der Waals surface area contributed by atoms with Gasteiger partial charge in [0, 0.05) is 6.04 Å². The van der Waals surface area contributed by atoms with Gasteiger partial charge in [-0.25, -0.2) is 13.1 Å². The smallest absolute Gasteiger partial charge is 0.310 e. The molecule has 0 fully saturated rings. The van der Waals surface area contributed by atoms with Gasteiger partial charge in [-0.2, -0.15) is 0 Å². The number of hydrogen-bond donors (Lipinski definition) is 2. The summed E-state index contributed by atoms with van der Waals surface area (Å²) < 4.78 is 26.4. The second-order valence-corrected chi connectivity index (χ2v) is 6.29. The van der Waals surface area contributed by atoms with Crippen molar-refractivity contribution in [2.45, 2.75) is 18.2 Å². The van der Waals surface area contributed by atoms with Gasteiger partial charge in [-0.05, 0) is 12.0 Å². The largest absolute Gasteiger partial charge is 0.481 e. The van der Waals surface area contributed by atoms with Gasteiger partial charge < -0.3 is 5.11 Å². The van der Waals surface area contributed by atoms with Crippen molar-refractivity contribution < 1.29 is 18.3 Å². The third-order valence-corrected chi connectivity index (χ3v) is 4.31. The average Bonchev–Trinajstić information content (AvgIpc) is 2.77. The lowest BCUT2D eigenvalue weighted by molar-refractivity contribution is -0.140. The SMILES string of the molecule is O=C(O)C1C=CC(NS(=O)(=O)Cc2ccccc2)C1. The van der Waals surface area contributed by atoms with Gasteiger partial charge in [0.25, 0.3) is 0 Å². The Bertz CT molecular complexity index is 580. The molecule has 6 heteroatoms. The van der Waals surface area contributed by atoms with E-state index >= 15 is 0 Å². The van der Waals surface area contributed by atoms with Gasteiger partial charge in [0.15, 0.2) is 0 Å². The monoisotopic (exact) mass is 281 g/mol. The highest BCUT2D eigenvalue weighted by molar-refractivity contribution is 7.88. The van der Waals surface area contributed by atoms with Crippen LogP contribution in [0.1, 0.15) is 12.0 Å². The summed E-state index contributed by atoms with van der Waals surface area (Å²) in [4.78, 5) is 10.8. The Kier molecular flexibility index (Phi) is 4.01. The van der Waals surface area contributed by atoms with Crippen LogP contribution in [-0.2, 0) is 20.6 Å². The molecular weight excluding hydrogens is 266 g/mol. The standard InChI is InChI=1S/C13H15NO4S/c15-13(16)11-6-7-12(8-11)14-19(17,18)9-10-4-2-1-3-5-10/h1-7,11-12,14H,8-9H2,(H,15,16). The molecule has 102 valence electrons. The first kappa shape index (κ1) is 13.8. The number of carboxylic acid groups (broad SMARTS) is 1. The first-order valence-electron chi connectivity index (χ1n) is 5.91. The third-order valence-electron chi connectivity index (χ3n) is 2.93. The summed E-state index contributed by atoms with van der Waals surface area (Å²) in [7, 11) is -3.46. The van der Waals surface area contributed by atoms with Crippen LogP contribution >= 0.6 is 0 Å². The van der Waals surface area contributed by atoms with Crippen molar-refractivity contribution in [2.75, 3.05) is 0 Å². The maximum atomic E-state index is 11.9. The Hall–Kier alpha value is -1.66. The molecule has 0 amide bonds. The molecule has 0 aliphatic heterocycles. The van der Waals surface area contributed by atoms with E-state index in [-0.39, 0.29) is 12.2 Å². The molecule has 0 aromatic heterocycles. The molecule has 2 atom stereocenters. The predicted molar refractivity (Wildman–Crippen MR) is 70.9 cm³/mol. The first-order valence-corrected chi connectivity index (χ1v) is 7.56. The van der Waals surface area contributed by atoms with Gasteiger partial charge in [0.1, 0.15) is 0 Å². The molecular formula is C13H15NO4S. The van der Waals surface area contributed by atoms with Crippen molar-refractivity contribution >= 4 is 16.0 Å². The number of carbonyl (C=O) groups is 1. The Morgan fingerprint density at radius 1 is 1.26 bits per heavy atom. The zero-order valence-corrected chi connectivity index (χ0v) is 11.0. The lowest BCUT2D eigenvalue weighted by Gasteiger charge is -2.12. The van der Waals surface area contributed by atoms with E-state index in [2.05, 4.69) is 4.72 Å². The molecule has 2 unspecified atom stereocenters. The molecule has 1 aliphatic rings. The van der Waals surface area contributed by atoms with E-state index in [4.69, 9.17) is 5.11 Å². The Balaban J connectivity index is 1.96. The highest BCUT2D eigenvalue weighted by Gasteiger charge is 2.27. The maximum absolute atomic E-state index is 11.9. The molecule has 1 aliphatic carbocycles. The third kappa shape index (κ3) is 3.90. The Morgan fingerprint density at radius 2 is 1.95 bits per heavy atom. The fourth-order valence-corrected chi connectivity index (χ4v) is 3.39. The van der Waals surface area contributed by atoms with Crippen LogP contribution in [0, 0.1) is 5.92 Å². The molecule has 1 aromatic carbocycles. The number of benzene rings is 1. The highest BCUT2D eigenvalue weighted by Crippen LogP contribution is 2.19. The molecule has 2 N–H and O–H groups in total. The minimum absolute atomic E-state index is 0.101. The number of carboxylic acids is 1. The summed E-state index contributed by atoms with van der Waals surface area (Å²) in [6, 6.07) is 8.42. The predicted octanol–water partition coefficient (Wildman–Crippen LogP) is 1.14. The van der Waals surface area contributed by atoms with E-state index in [0.717, 1.165) is 0 Å². The lowest BCUT2D eigenvalue weighted by Crippen LogP contribution is -2.34. The topological polar surface area (TPSA) is 83.5 Å². The van der Waals surface area contributed by atoms with E-state index in [9.17, 15) is 13.2 Å². The normalized spacial score (nSPS) is 22.5. The molecule has 2 rings (SSSR count). The molecule has 1 aromatic rings. The lowest BCUT2D eigenvalue weighted by atomic mass is 10.1. The van der Waals surface area contributed by atoms with Crippen LogP contribution < -0.4 is 4.72 Å². The van der Waals surface area contributed by atoms with E-state index in [1.165, 1.54) is 6.08 Å². The minimum Gasteiger partial charge on any atom is -0.481 e. The molecule has 0 spiro atoms. The fraction of sp³-hybridized carbons (Fsp3) is 0.308. The highest BCUT2D eigenvalue weighted by atomic mass is 32.2. The fourth-order valence-electron chi connectivity index (χ4n) is 2.04. The number of sulfonamides is 1. The van der Waals surface area contributed by atoms with Gasteiger partial charge >= 0.3 is 5.97 Å². The van der Waals surface area contributed by atoms with Crippen LogP contribution in [-0.4, -0.2) is 25.5 Å². The summed E-state index contributed by atoms with van der Waals surface area (Å²) in [6.07, 6.45) is 3.39. The van der Waals surface area contributed by atoms with Gasteiger partial charge in [0.2, 0.25) is 10.0 Å². The summed E-state index contributed by atoms with van der Waals surface area (Å²) >= 11 is 0. The summed E-state index contributed by atoms with van der Waals surface area (Å²) in [6.45, 7) is 0. The molecule has 0 saturated carbocycles. The summed E-state index contributed by atoms with van der Waals surface area (Å²) in [5, 5.41) is 8.84. The van der Waals surface area contributed by atoms with Crippen molar-refractivity contribution in [1.29, 1.82) is 0 Å².